The van der Waals surface area contributed by atoms with Crippen LogP contribution in [0.3, 0.4) is 0 Å². The number of hydrogen-bond acceptors (Lipinski definition) is 3. The Morgan fingerprint density at radius 3 is 2.75 bits per heavy atom. The first-order valence-electron chi connectivity index (χ1n) is 6.34. The maximum absolute atomic E-state index is 11.7. The van der Waals surface area contributed by atoms with E-state index in [4.69, 9.17) is 11.6 Å². The summed E-state index contributed by atoms with van der Waals surface area (Å²) in [5.74, 6) is 0.982. The number of imidazole rings is 1. The predicted octanol–water partition coefficient (Wildman–Crippen LogP) is 3.38. The van der Waals surface area contributed by atoms with Gasteiger partial charge in [0.05, 0.1) is 22.2 Å². The van der Waals surface area contributed by atoms with Gasteiger partial charge in [-0.15, -0.1) is 11.6 Å². The number of rotatable bonds is 5. The second-order valence-corrected chi connectivity index (χ2v) is 8.98. The van der Waals surface area contributed by atoms with Crippen LogP contribution < -0.4 is 0 Å². The summed E-state index contributed by atoms with van der Waals surface area (Å²) in [5, 5.41) is -0.260. The van der Waals surface area contributed by atoms with Crippen LogP contribution >= 0.6 is 34.2 Å². The van der Waals surface area contributed by atoms with E-state index in [0.717, 1.165) is 20.4 Å². The molecule has 1 aromatic heterocycles. The zero-order valence-electron chi connectivity index (χ0n) is 11.3. The van der Waals surface area contributed by atoms with Crippen LogP contribution in [-0.2, 0) is 16.4 Å². The van der Waals surface area contributed by atoms with E-state index in [9.17, 15) is 8.42 Å². The van der Waals surface area contributed by atoms with E-state index in [1.54, 1.807) is 6.92 Å². The van der Waals surface area contributed by atoms with Gasteiger partial charge < -0.3 is 4.57 Å². The average molecular weight is 427 g/mol. The van der Waals surface area contributed by atoms with Gasteiger partial charge in [0, 0.05) is 15.9 Å². The van der Waals surface area contributed by atoms with Gasteiger partial charge in [-0.05, 0) is 47.7 Å². The Morgan fingerprint density at radius 1 is 1.45 bits per heavy atom. The molecule has 1 heterocycles. The first-order valence-corrected chi connectivity index (χ1v) is 9.68. The molecule has 0 amide bonds. The van der Waals surface area contributed by atoms with Gasteiger partial charge in [-0.2, -0.15) is 0 Å². The van der Waals surface area contributed by atoms with Crippen molar-refractivity contribution in [1.29, 1.82) is 0 Å². The van der Waals surface area contributed by atoms with E-state index >= 15 is 0 Å². The second-order valence-electron chi connectivity index (χ2n) is 4.61. The fourth-order valence-corrected chi connectivity index (χ4v) is 3.43. The molecule has 1 atom stereocenters. The van der Waals surface area contributed by atoms with Crippen molar-refractivity contribution in [3.8, 4) is 0 Å². The summed E-state index contributed by atoms with van der Waals surface area (Å²) in [4.78, 5) is 4.53. The molecular weight excluding hydrogens is 411 g/mol. The molecule has 0 aliphatic rings. The quantitative estimate of drug-likeness (QED) is 0.544. The van der Waals surface area contributed by atoms with Crippen molar-refractivity contribution < 1.29 is 8.42 Å². The molecule has 0 spiro atoms. The lowest BCUT2D eigenvalue weighted by Gasteiger charge is -2.10. The molecule has 0 N–H and O–H groups in total. The molecule has 110 valence electrons. The molecule has 0 saturated carbocycles. The third-order valence-electron chi connectivity index (χ3n) is 3.16. The molecule has 0 radical (unpaired) electrons. The highest BCUT2D eigenvalue weighted by Gasteiger charge is 2.17. The third kappa shape index (κ3) is 3.46. The van der Waals surface area contributed by atoms with E-state index in [2.05, 4.69) is 27.6 Å². The van der Waals surface area contributed by atoms with Crippen molar-refractivity contribution >= 4 is 55.1 Å². The number of halogens is 2. The van der Waals surface area contributed by atoms with Gasteiger partial charge in [0.15, 0.2) is 9.84 Å². The highest BCUT2D eigenvalue weighted by Crippen LogP contribution is 2.25. The number of aryl methyl sites for hydroxylation is 1. The normalized spacial score (nSPS) is 13.8. The average Bonchev–Trinajstić information content (AvgIpc) is 2.74. The molecule has 0 fully saturated rings. The first-order chi connectivity index (χ1) is 9.34. The van der Waals surface area contributed by atoms with Crippen molar-refractivity contribution in [2.24, 2.45) is 0 Å². The van der Waals surface area contributed by atoms with Gasteiger partial charge in [-0.3, -0.25) is 0 Å². The van der Waals surface area contributed by atoms with E-state index in [1.807, 2.05) is 29.7 Å². The molecule has 1 aromatic carbocycles. The molecule has 0 aliphatic carbocycles. The Hall–Kier alpha value is -0.340. The standard InChI is InChI=1S/C13H16ClIN2O2S/c1-3-20(18,19)7-6-17-12-5-4-10(15)8-11(12)16-13(17)9(2)14/h4-5,8-9H,3,6-7H2,1-2H3. The summed E-state index contributed by atoms with van der Waals surface area (Å²) < 4.78 is 26.4. The number of fused-ring (bicyclic) bond motifs is 1. The minimum absolute atomic E-state index is 0.109. The molecular formula is C13H16ClIN2O2S. The molecule has 2 rings (SSSR count). The van der Waals surface area contributed by atoms with Gasteiger partial charge in [-0.25, -0.2) is 13.4 Å². The van der Waals surface area contributed by atoms with Crippen LogP contribution in [0.15, 0.2) is 18.2 Å². The summed E-state index contributed by atoms with van der Waals surface area (Å²) >= 11 is 8.40. The van der Waals surface area contributed by atoms with Crippen LogP contribution in [-0.4, -0.2) is 29.5 Å². The Labute approximate surface area is 137 Å². The van der Waals surface area contributed by atoms with Crippen LogP contribution in [0.25, 0.3) is 11.0 Å². The third-order valence-corrected chi connectivity index (χ3v) is 5.71. The summed E-state index contributed by atoms with van der Waals surface area (Å²) in [5.41, 5.74) is 1.78. The predicted molar refractivity (Wildman–Crippen MR) is 91.0 cm³/mol. The van der Waals surface area contributed by atoms with E-state index in [0.29, 0.717) is 6.54 Å². The second kappa shape index (κ2) is 6.19. The maximum atomic E-state index is 11.7. The zero-order chi connectivity index (χ0) is 14.9. The van der Waals surface area contributed by atoms with Crippen LogP contribution in [0.4, 0.5) is 0 Å². The Kier molecular flexibility index (Phi) is 4.96. The Morgan fingerprint density at radius 2 is 2.15 bits per heavy atom. The topological polar surface area (TPSA) is 52.0 Å². The van der Waals surface area contributed by atoms with E-state index in [1.165, 1.54) is 0 Å². The lowest BCUT2D eigenvalue weighted by Crippen LogP contribution is -2.16. The minimum Gasteiger partial charge on any atom is -0.326 e. The number of nitrogens with zero attached hydrogens (tertiary/aromatic N) is 2. The Bertz CT molecular complexity index is 725. The van der Waals surface area contributed by atoms with Gasteiger partial charge in [0.25, 0.3) is 0 Å². The lowest BCUT2D eigenvalue weighted by atomic mass is 10.3. The maximum Gasteiger partial charge on any atom is 0.151 e. The molecule has 1 unspecified atom stereocenters. The highest BCUT2D eigenvalue weighted by molar-refractivity contribution is 14.1. The lowest BCUT2D eigenvalue weighted by molar-refractivity contribution is 0.589. The van der Waals surface area contributed by atoms with Crippen LogP contribution in [0.1, 0.15) is 25.0 Å². The van der Waals surface area contributed by atoms with Gasteiger partial charge in [0.1, 0.15) is 5.82 Å². The van der Waals surface area contributed by atoms with Gasteiger partial charge in [-0.1, -0.05) is 6.92 Å². The SMILES string of the molecule is CCS(=O)(=O)CCn1c(C(C)Cl)nc2cc(I)ccc21. The highest BCUT2D eigenvalue weighted by atomic mass is 127. The number of sulfone groups is 1. The summed E-state index contributed by atoms with van der Waals surface area (Å²) in [6.07, 6.45) is 0. The van der Waals surface area contributed by atoms with Crippen LogP contribution in [0.2, 0.25) is 0 Å². The Balaban J connectivity index is 2.46. The number of hydrogen-bond donors (Lipinski definition) is 0. The van der Waals surface area contributed by atoms with Crippen molar-refractivity contribution in [2.45, 2.75) is 25.8 Å². The summed E-state index contributed by atoms with van der Waals surface area (Å²) in [6, 6.07) is 5.92. The van der Waals surface area contributed by atoms with Gasteiger partial charge in [0.2, 0.25) is 0 Å². The van der Waals surface area contributed by atoms with Gasteiger partial charge >= 0.3 is 0 Å². The number of benzene rings is 1. The van der Waals surface area contributed by atoms with Crippen LogP contribution in [0, 0.1) is 3.57 Å². The molecule has 0 saturated heterocycles. The molecule has 4 nitrogen and oxygen atoms in total. The number of aromatic nitrogens is 2. The summed E-state index contributed by atoms with van der Waals surface area (Å²) in [7, 11) is -3.01. The smallest absolute Gasteiger partial charge is 0.151 e. The first kappa shape index (κ1) is 16.0. The largest absolute Gasteiger partial charge is 0.326 e. The van der Waals surface area contributed by atoms with Crippen molar-refractivity contribution in [1.82, 2.24) is 9.55 Å². The van der Waals surface area contributed by atoms with Crippen molar-refractivity contribution in [2.75, 3.05) is 11.5 Å². The number of alkyl halides is 1. The molecule has 20 heavy (non-hydrogen) atoms. The van der Waals surface area contributed by atoms with Crippen molar-refractivity contribution in [3.05, 3.63) is 27.6 Å². The fourth-order valence-electron chi connectivity index (χ4n) is 2.03. The van der Waals surface area contributed by atoms with E-state index in [-0.39, 0.29) is 16.9 Å². The fraction of sp³-hybridized carbons (Fsp3) is 0.462. The van der Waals surface area contributed by atoms with Crippen LogP contribution in [0.5, 0.6) is 0 Å². The monoisotopic (exact) mass is 426 g/mol. The molecule has 2 aromatic rings. The van der Waals surface area contributed by atoms with E-state index < -0.39 is 9.84 Å². The minimum atomic E-state index is -3.01. The molecule has 0 bridgehead atoms. The molecule has 0 aliphatic heterocycles. The van der Waals surface area contributed by atoms with Crippen molar-refractivity contribution in [3.63, 3.8) is 0 Å². The zero-order valence-corrected chi connectivity index (χ0v) is 15.0. The molecule has 7 heteroatoms. The summed E-state index contributed by atoms with van der Waals surface area (Å²) in [6.45, 7) is 3.90.